The molecule has 94 valence electrons. The van der Waals surface area contributed by atoms with Crippen LogP contribution in [0.5, 0.6) is 0 Å². The molecule has 0 spiro atoms. The van der Waals surface area contributed by atoms with Crippen LogP contribution in [0.1, 0.15) is 17.2 Å². The van der Waals surface area contributed by atoms with Crippen LogP contribution in [0.4, 0.5) is 0 Å². The van der Waals surface area contributed by atoms with Crippen molar-refractivity contribution in [3.8, 4) is 0 Å². The molecule has 2 aromatic rings. The summed E-state index contributed by atoms with van der Waals surface area (Å²) in [5, 5.41) is 4.05. The predicted octanol–water partition coefficient (Wildman–Crippen LogP) is 4.00. The maximum Gasteiger partial charge on any atom is 0.0548 e. The van der Waals surface area contributed by atoms with Crippen molar-refractivity contribution in [2.24, 2.45) is 0 Å². The van der Waals surface area contributed by atoms with E-state index in [1.165, 1.54) is 11.1 Å². The number of aromatic nitrogens is 1. The van der Waals surface area contributed by atoms with Crippen molar-refractivity contribution in [2.45, 2.75) is 12.5 Å². The highest BCUT2D eigenvalue weighted by atomic mass is 79.9. The highest BCUT2D eigenvalue weighted by Crippen LogP contribution is 2.27. The van der Waals surface area contributed by atoms with E-state index in [-0.39, 0.29) is 6.04 Å². The molecule has 1 heterocycles. The van der Waals surface area contributed by atoms with Crippen LogP contribution in [0.25, 0.3) is 0 Å². The number of benzene rings is 1. The first kappa shape index (κ1) is 13.5. The first-order chi connectivity index (χ1) is 8.70. The molecule has 0 radical (unpaired) electrons. The molecule has 1 N–H and O–H groups in total. The molecule has 2 nitrogen and oxygen atoms in total. The topological polar surface area (TPSA) is 24.9 Å². The molecule has 1 atom stereocenters. The number of halogens is 2. The van der Waals surface area contributed by atoms with Crippen LogP contribution in [0.2, 0.25) is 5.02 Å². The Morgan fingerprint density at radius 1 is 1.39 bits per heavy atom. The minimum absolute atomic E-state index is 0.253. The van der Waals surface area contributed by atoms with Gasteiger partial charge in [0.2, 0.25) is 0 Å². The van der Waals surface area contributed by atoms with Crippen LogP contribution in [-0.4, -0.2) is 12.0 Å². The van der Waals surface area contributed by atoms with Crippen molar-refractivity contribution < 1.29 is 0 Å². The Balaban J connectivity index is 2.20. The Hall–Kier alpha value is -0.900. The zero-order valence-electron chi connectivity index (χ0n) is 10.0. The lowest BCUT2D eigenvalue weighted by atomic mass is 10.0. The first-order valence-electron chi connectivity index (χ1n) is 5.72. The van der Waals surface area contributed by atoms with Gasteiger partial charge in [-0.2, -0.15) is 0 Å². The van der Waals surface area contributed by atoms with Gasteiger partial charge < -0.3 is 5.32 Å². The van der Waals surface area contributed by atoms with Crippen LogP contribution in [0.15, 0.2) is 47.2 Å². The number of nitrogens with zero attached hydrogens (tertiary/aromatic N) is 1. The SMILES string of the molecule is CNC(Cc1cccnc1)c1ccc(Cl)c(Br)c1. The molecule has 1 aromatic heterocycles. The van der Waals surface area contributed by atoms with E-state index in [1.54, 1.807) is 6.20 Å². The second-order valence-corrected chi connectivity index (χ2v) is 5.34. The second kappa shape index (κ2) is 6.32. The van der Waals surface area contributed by atoms with Gasteiger partial charge in [0.1, 0.15) is 0 Å². The van der Waals surface area contributed by atoms with E-state index in [2.05, 4.69) is 38.4 Å². The Labute approximate surface area is 121 Å². The van der Waals surface area contributed by atoms with Crippen LogP contribution in [-0.2, 0) is 6.42 Å². The van der Waals surface area contributed by atoms with Gasteiger partial charge in [0.25, 0.3) is 0 Å². The summed E-state index contributed by atoms with van der Waals surface area (Å²) in [5.41, 5.74) is 2.42. The van der Waals surface area contributed by atoms with Crippen molar-refractivity contribution in [1.82, 2.24) is 10.3 Å². The van der Waals surface area contributed by atoms with Crippen molar-refractivity contribution >= 4 is 27.5 Å². The summed E-state index contributed by atoms with van der Waals surface area (Å²) in [6, 6.07) is 10.3. The largest absolute Gasteiger partial charge is 0.313 e. The fraction of sp³-hybridized carbons (Fsp3) is 0.214. The maximum absolute atomic E-state index is 6.01. The molecule has 0 aliphatic rings. The van der Waals surface area contributed by atoms with Crippen LogP contribution in [0.3, 0.4) is 0 Å². The number of pyridine rings is 1. The van der Waals surface area contributed by atoms with Gasteiger partial charge >= 0.3 is 0 Å². The molecular weight excluding hydrogens is 312 g/mol. The van der Waals surface area contributed by atoms with E-state index in [4.69, 9.17) is 11.6 Å². The Kier molecular flexibility index (Phi) is 4.75. The van der Waals surface area contributed by atoms with E-state index >= 15 is 0 Å². The predicted molar refractivity (Wildman–Crippen MR) is 78.9 cm³/mol. The molecule has 0 saturated carbocycles. The van der Waals surface area contributed by atoms with E-state index in [1.807, 2.05) is 31.4 Å². The van der Waals surface area contributed by atoms with E-state index in [9.17, 15) is 0 Å². The van der Waals surface area contributed by atoms with Crippen molar-refractivity contribution in [3.63, 3.8) is 0 Å². The zero-order valence-corrected chi connectivity index (χ0v) is 12.4. The summed E-state index contributed by atoms with van der Waals surface area (Å²) in [6.45, 7) is 0. The fourth-order valence-electron chi connectivity index (χ4n) is 1.87. The fourth-order valence-corrected chi connectivity index (χ4v) is 2.38. The standard InChI is InChI=1S/C14H14BrClN2/c1-17-14(7-10-3-2-6-18-9-10)11-4-5-13(16)12(15)8-11/h2-6,8-9,14,17H,7H2,1H3. The first-order valence-corrected chi connectivity index (χ1v) is 6.89. The van der Waals surface area contributed by atoms with E-state index in [0.717, 1.165) is 15.9 Å². The van der Waals surface area contributed by atoms with Gasteiger partial charge in [-0.1, -0.05) is 23.7 Å². The molecule has 0 saturated heterocycles. The number of likely N-dealkylation sites (N-methyl/N-ethyl adjacent to an activating group) is 1. The molecular formula is C14H14BrClN2. The summed E-state index contributed by atoms with van der Waals surface area (Å²) < 4.78 is 0.924. The van der Waals surface area contributed by atoms with Gasteiger partial charge in [-0.3, -0.25) is 4.98 Å². The number of hydrogen-bond donors (Lipinski definition) is 1. The lowest BCUT2D eigenvalue weighted by Crippen LogP contribution is -2.18. The molecule has 1 unspecified atom stereocenters. The lowest BCUT2D eigenvalue weighted by molar-refractivity contribution is 0.591. The van der Waals surface area contributed by atoms with Crippen LogP contribution < -0.4 is 5.32 Å². The molecule has 0 amide bonds. The van der Waals surface area contributed by atoms with Gasteiger partial charge in [-0.05, 0) is 58.7 Å². The molecule has 0 bridgehead atoms. The average molecular weight is 326 g/mol. The summed E-state index contributed by atoms with van der Waals surface area (Å²) in [7, 11) is 1.96. The number of hydrogen-bond acceptors (Lipinski definition) is 2. The van der Waals surface area contributed by atoms with E-state index < -0.39 is 0 Å². The third kappa shape index (κ3) is 3.31. The highest BCUT2D eigenvalue weighted by molar-refractivity contribution is 9.10. The minimum Gasteiger partial charge on any atom is -0.313 e. The Bertz CT molecular complexity index is 516. The zero-order chi connectivity index (χ0) is 13.0. The normalized spacial score (nSPS) is 12.4. The van der Waals surface area contributed by atoms with Crippen molar-refractivity contribution in [1.29, 1.82) is 0 Å². The molecule has 0 aliphatic carbocycles. The number of nitrogens with one attached hydrogen (secondary N) is 1. The van der Waals surface area contributed by atoms with Gasteiger partial charge in [0, 0.05) is 22.9 Å². The molecule has 0 fully saturated rings. The third-order valence-electron chi connectivity index (χ3n) is 2.86. The molecule has 18 heavy (non-hydrogen) atoms. The van der Waals surface area contributed by atoms with E-state index in [0.29, 0.717) is 0 Å². The third-order valence-corrected chi connectivity index (χ3v) is 4.07. The second-order valence-electron chi connectivity index (χ2n) is 4.08. The monoisotopic (exact) mass is 324 g/mol. The van der Waals surface area contributed by atoms with Crippen LogP contribution in [0, 0.1) is 0 Å². The Morgan fingerprint density at radius 2 is 2.22 bits per heavy atom. The molecule has 4 heteroatoms. The van der Waals surface area contributed by atoms with Gasteiger partial charge in [-0.15, -0.1) is 0 Å². The van der Waals surface area contributed by atoms with Gasteiger partial charge in [-0.25, -0.2) is 0 Å². The summed E-state index contributed by atoms with van der Waals surface area (Å²) >= 11 is 9.47. The maximum atomic E-state index is 6.01. The highest BCUT2D eigenvalue weighted by Gasteiger charge is 2.11. The van der Waals surface area contributed by atoms with Gasteiger partial charge in [0.05, 0.1) is 5.02 Å². The molecule has 2 rings (SSSR count). The van der Waals surface area contributed by atoms with Crippen LogP contribution >= 0.6 is 27.5 Å². The average Bonchev–Trinajstić information content (AvgIpc) is 2.40. The van der Waals surface area contributed by atoms with Crippen molar-refractivity contribution in [2.75, 3.05) is 7.05 Å². The minimum atomic E-state index is 0.253. The quantitative estimate of drug-likeness (QED) is 0.919. The molecule has 0 aliphatic heterocycles. The Morgan fingerprint density at radius 3 is 2.83 bits per heavy atom. The summed E-state index contributed by atoms with van der Waals surface area (Å²) in [4.78, 5) is 4.14. The summed E-state index contributed by atoms with van der Waals surface area (Å²) in [5.74, 6) is 0. The summed E-state index contributed by atoms with van der Waals surface area (Å²) in [6.07, 6.45) is 4.59. The molecule has 1 aromatic carbocycles. The smallest absolute Gasteiger partial charge is 0.0548 e. The lowest BCUT2D eigenvalue weighted by Gasteiger charge is -2.17. The van der Waals surface area contributed by atoms with Crippen molar-refractivity contribution in [3.05, 3.63) is 63.3 Å². The number of rotatable bonds is 4. The van der Waals surface area contributed by atoms with Gasteiger partial charge in [0.15, 0.2) is 0 Å².